The SMILES string of the molecule is N=C1C=C(OCC2CC2)C(N)=C/C1=C/NC1CCC(=O)CC1. The molecule has 0 aromatic carbocycles. The Labute approximate surface area is 130 Å². The van der Waals surface area contributed by atoms with Gasteiger partial charge in [0.25, 0.3) is 0 Å². The van der Waals surface area contributed by atoms with Crippen LogP contribution in [0.5, 0.6) is 0 Å². The summed E-state index contributed by atoms with van der Waals surface area (Å²) >= 11 is 0. The van der Waals surface area contributed by atoms with E-state index < -0.39 is 0 Å². The maximum Gasteiger partial charge on any atom is 0.144 e. The third-order valence-corrected chi connectivity index (χ3v) is 4.37. The van der Waals surface area contributed by atoms with Crippen molar-refractivity contribution in [3.8, 4) is 0 Å². The van der Waals surface area contributed by atoms with Crippen LogP contribution in [-0.4, -0.2) is 24.1 Å². The van der Waals surface area contributed by atoms with Crippen LogP contribution in [0.2, 0.25) is 0 Å². The van der Waals surface area contributed by atoms with Crippen LogP contribution in [0, 0.1) is 11.3 Å². The van der Waals surface area contributed by atoms with E-state index in [9.17, 15) is 4.79 Å². The Kier molecular flexibility index (Phi) is 4.32. The van der Waals surface area contributed by atoms with Crippen molar-refractivity contribution in [1.29, 1.82) is 5.41 Å². The predicted octanol–water partition coefficient (Wildman–Crippen LogP) is 2.16. The van der Waals surface area contributed by atoms with E-state index in [-0.39, 0.29) is 0 Å². The minimum absolute atomic E-state index is 0.309. The van der Waals surface area contributed by atoms with E-state index in [1.165, 1.54) is 12.8 Å². The van der Waals surface area contributed by atoms with E-state index in [1.54, 1.807) is 12.2 Å². The van der Waals surface area contributed by atoms with Crippen molar-refractivity contribution in [2.45, 2.75) is 44.6 Å². The molecule has 0 amide bonds. The van der Waals surface area contributed by atoms with Crippen LogP contribution in [-0.2, 0) is 9.53 Å². The Morgan fingerprint density at radius 2 is 2.00 bits per heavy atom. The van der Waals surface area contributed by atoms with Crippen LogP contribution < -0.4 is 11.1 Å². The van der Waals surface area contributed by atoms with Crippen LogP contribution in [0.15, 0.2) is 35.4 Å². The van der Waals surface area contributed by atoms with Crippen LogP contribution >= 0.6 is 0 Å². The first-order valence-electron chi connectivity index (χ1n) is 8.00. The average Bonchev–Trinajstić information content (AvgIpc) is 3.32. The lowest BCUT2D eigenvalue weighted by Gasteiger charge is -2.22. The van der Waals surface area contributed by atoms with Gasteiger partial charge in [0.15, 0.2) is 0 Å². The normalized spacial score (nSPS) is 25.0. The van der Waals surface area contributed by atoms with Crippen molar-refractivity contribution >= 4 is 11.5 Å². The van der Waals surface area contributed by atoms with E-state index in [1.807, 2.05) is 6.20 Å². The fourth-order valence-electron chi connectivity index (χ4n) is 2.66. The van der Waals surface area contributed by atoms with Crippen LogP contribution in [0.3, 0.4) is 0 Å². The lowest BCUT2D eigenvalue weighted by molar-refractivity contribution is -0.120. The molecule has 5 nitrogen and oxygen atoms in total. The van der Waals surface area contributed by atoms with Gasteiger partial charge in [-0.1, -0.05) is 0 Å². The van der Waals surface area contributed by atoms with Gasteiger partial charge in [0, 0.05) is 36.7 Å². The fourth-order valence-corrected chi connectivity index (χ4v) is 2.66. The molecule has 3 aliphatic rings. The summed E-state index contributed by atoms with van der Waals surface area (Å²) in [4.78, 5) is 11.2. The number of Topliss-reactive ketones (excluding diaryl/α,β-unsaturated/α-hetero) is 1. The molecule has 0 atom stereocenters. The highest BCUT2D eigenvalue weighted by Crippen LogP contribution is 2.30. The average molecular weight is 301 g/mol. The van der Waals surface area contributed by atoms with Crippen molar-refractivity contribution in [3.63, 3.8) is 0 Å². The van der Waals surface area contributed by atoms with Gasteiger partial charge in [-0.25, -0.2) is 0 Å². The smallest absolute Gasteiger partial charge is 0.144 e. The van der Waals surface area contributed by atoms with E-state index in [4.69, 9.17) is 15.9 Å². The maximum atomic E-state index is 11.2. The lowest BCUT2D eigenvalue weighted by Crippen LogP contribution is -2.30. The Morgan fingerprint density at radius 1 is 1.27 bits per heavy atom. The summed E-state index contributed by atoms with van der Waals surface area (Å²) in [6.07, 6.45) is 10.8. The molecule has 0 bridgehead atoms. The summed E-state index contributed by atoms with van der Waals surface area (Å²) in [6.45, 7) is 0.695. The third-order valence-electron chi connectivity index (χ3n) is 4.37. The van der Waals surface area contributed by atoms with Gasteiger partial charge in [-0.05, 0) is 37.7 Å². The number of ether oxygens (including phenoxy) is 1. The first kappa shape index (κ1) is 14.9. The molecule has 0 heterocycles. The van der Waals surface area contributed by atoms with Gasteiger partial charge < -0.3 is 21.2 Å². The van der Waals surface area contributed by atoms with Crippen molar-refractivity contribution < 1.29 is 9.53 Å². The molecule has 118 valence electrons. The zero-order chi connectivity index (χ0) is 15.5. The molecule has 5 heteroatoms. The number of nitrogens with one attached hydrogen (secondary N) is 2. The summed E-state index contributed by atoms with van der Waals surface area (Å²) in [5, 5.41) is 11.4. The molecule has 3 aliphatic carbocycles. The molecule has 0 saturated heterocycles. The lowest BCUT2D eigenvalue weighted by atomic mass is 9.94. The summed E-state index contributed by atoms with van der Waals surface area (Å²) in [7, 11) is 0. The maximum absolute atomic E-state index is 11.2. The number of carbonyl (C=O) groups is 1. The Bertz CT molecular complexity index is 560. The van der Waals surface area contributed by atoms with E-state index in [0.717, 1.165) is 18.4 Å². The molecule has 22 heavy (non-hydrogen) atoms. The zero-order valence-electron chi connectivity index (χ0n) is 12.7. The van der Waals surface area contributed by atoms with Crippen LogP contribution in [0.4, 0.5) is 0 Å². The zero-order valence-corrected chi connectivity index (χ0v) is 12.7. The summed E-state index contributed by atoms with van der Waals surface area (Å²) in [5.41, 5.74) is 7.76. The second kappa shape index (κ2) is 6.38. The van der Waals surface area contributed by atoms with Crippen molar-refractivity contribution in [1.82, 2.24) is 5.32 Å². The number of nitrogens with two attached hydrogens (primary N) is 1. The van der Waals surface area contributed by atoms with Gasteiger partial charge in [0.2, 0.25) is 0 Å². The van der Waals surface area contributed by atoms with Gasteiger partial charge in [-0.15, -0.1) is 0 Å². The highest BCUT2D eigenvalue weighted by atomic mass is 16.5. The van der Waals surface area contributed by atoms with Crippen molar-refractivity contribution in [3.05, 3.63) is 35.4 Å². The van der Waals surface area contributed by atoms with Crippen molar-refractivity contribution in [2.75, 3.05) is 6.61 Å². The Hall–Kier alpha value is -2.04. The monoisotopic (exact) mass is 301 g/mol. The molecule has 0 unspecified atom stereocenters. The van der Waals surface area contributed by atoms with Gasteiger partial charge in [-0.2, -0.15) is 0 Å². The highest BCUT2D eigenvalue weighted by molar-refractivity contribution is 6.10. The summed E-state index contributed by atoms with van der Waals surface area (Å²) in [5.74, 6) is 1.62. The largest absolute Gasteiger partial charge is 0.491 e. The Balaban J connectivity index is 1.57. The second-order valence-corrected chi connectivity index (χ2v) is 6.36. The molecule has 2 fully saturated rings. The number of hydrogen-bond acceptors (Lipinski definition) is 5. The van der Waals surface area contributed by atoms with E-state index in [0.29, 0.717) is 54.4 Å². The molecule has 0 aliphatic heterocycles. The standard InChI is InChI=1S/C17H23N3O2/c18-15-8-17(22-10-11-1-2-11)16(19)7-12(15)9-20-13-3-5-14(21)6-4-13/h7-9,11,13,18,20H,1-6,10,19H2/b12-9-,18-15?. The third kappa shape index (κ3) is 3.78. The number of carbonyl (C=O) groups excluding carboxylic acids is 1. The molecule has 0 spiro atoms. The number of allylic oxidation sites excluding steroid dienone is 3. The van der Waals surface area contributed by atoms with Crippen LogP contribution in [0.1, 0.15) is 38.5 Å². The number of rotatable bonds is 5. The van der Waals surface area contributed by atoms with Gasteiger partial charge >= 0.3 is 0 Å². The predicted molar refractivity (Wildman–Crippen MR) is 85.2 cm³/mol. The molecular formula is C17H23N3O2. The van der Waals surface area contributed by atoms with Crippen molar-refractivity contribution in [2.24, 2.45) is 11.7 Å². The molecule has 0 radical (unpaired) electrons. The molecule has 4 N–H and O–H groups in total. The minimum Gasteiger partial charge on any atom is -0.491 e. The Morgan fingerprint density at radius 3 is 2.68 bits per heavy atom. The van der Waals surface area contributed by atoms with E-state index in [2.05, 4.69) is 5.32 Å². The number of ketones is 1. The molecule has 0 aromatic rings. The summed E-state index contributed by atoms with van der Waals surface area (Å²) in [6, 6.07) is 0.309. The van der Waals surface area contributed by atoms with Crippen LogP contribution in [0.25, 0.3) is 0 Å². The molecular weight excluding hydrogens is 278 g/mol. The molecule has 2 saturated carbocycles. The van der Waals surface area contributed by atoms with E-state index >= 15 is 0 Å². The van der Waals surface area contributed by atoms with Gasteiger partial charge in [-0.3, -0.25) is 4.79 Å². The molecule has 0 aromatic heterocycles. The quantitative estimate of drug-likeness (QED) is 0.726. The first-order valence-corrected chi connectivity index (χ1v) is 8.00. The molecule has 3 rings (SSSR count). The highest BCUT2D eigenvalue weighted by Gasteiger charge is 2.24. The van der Waals surface area contributed by atoms with Gasteiger partial charge in [0.05, 0.1) is 18.0 Å². The number of hydrogen-bond donors (Lipinski definition) is 3. The van der Waals surface area contributed by atoms with Gasteiger partial charge in [0.1, 0.15) is 11.5 Å². The minimum atomic E-state index is 0.309. The second-order valence-electron chi connectivity index (χ2n) is 6.36. The topological polar surface area (TPSA) is 88.2 Å². The first-order chi connectivity index (χ1) is 10.6. The summed E-state index contributed by atoms with van der Waals surface area (Å²) < 4.78 is 5.69. The fraction of sp³-hybridized carbons (Fsp3) is 0.529.